The predicted molar refractivity (Wildman–Crippen MR) is 114 cm³/mol. The van der Waals surface area contributed by atoms with Crippen molar-refractivity contribution in [1.29, 1.82) is 0 Å². The number of nitrogens with zero attached hydrogens (tertiary/aromatic N) is 2. The van der Waals surface area contributed by atoms with Gasteiger partial charge in [-0.3, -0.25) is 9.78 Å². The molecular weight excluding hydrogens is 362 g/mol. The largest absolute Gasteiger partial charge is 0.493 e. The lowest BCUT2D eigenvalue weighted by Crippen LogP contribution is -2.32. The summed E-state index contributed by atoms with van der Waals surface area (Å²) in [5.41, 5.74) is 3.52. The zero-order valence-corrected chi connectivity index (χ0v) is 16.6. The molecule has 0 spiro atoms. The minimum absolute atomic E-state index is 0.0175. The van der Waals surface area contributed by atoms with Crippen LogP contribution in [0.25, 0.3) is 10.9 Å². The quantitative estimate of drug-likeness (QED) is 0.734. The van der Waals surface area contributed by atoms with Crippen molar-refractivity contribution in [3.8, 4) is 5.75 Å². The van der Waals surface area contributed by atoms with E-state index < -0.39 is 0 Å². The molecule has 5 heteroatoms. The molecule has 5 nitrogen and oxygen atoms in total. The van der Waals surface area contributed by atoms with E-state index in [2.05, 4.69) is 17.3 Å². The van der Waals surface area contributed by atoms with Crippen molar-refractivity contribution in [3.05, 3.63) is 65.9 Å². The SMILES string of the molecule is CN1CCC(COc2ccc3nc(C4C(=O)Nc5ccccc54)ccc3c2)CC1. The highest BCUT2D eigenvalue weighted by Gasteiger charge is 2.32. The van der Waals surface area contributed by atoms with Crippen LogP contribution in [0.1, 0.15) is 30.0 Å². The minimum atomic E-state index is -0.351. The normalized spacial score (nSPS) is 19.9. The molecule has 3 heterocycles. The highest BCUT2D eigenvalue weighted by atomic mass is 16.5. The maximum absolute atomic E-state index is 12.5. The minimum Gasteiger partial charge on any atom is -0.493 e. The lowest BCUT2D eigenvalue weighted by Gasteiger charge is -2.28. The van der Waals surface area contributed by atoms with Gasteiger partial charge in [0.1, 0.15) is 11.7 Å². The third-order valence-corrected chi connectivity index (χ3v) is 6.09. The molecule has 2 aliphatic rings. The highest BCUT2D eigenvalue weighted by Crippen LogP contribution is 2.36. The molecule has 1 N–H and O–H groups in total. The Morgan fingerprint density at radius 2 is 1.93 bits per heavy atom. The highest BCUT2D eigenvalue weighted by molar-refractivity contribution is 6.05. The number of nitrogens with one attached hydrogen (secondary N) is 1. The second kappa shape index (κ2) is 7.48. The zero-order valence-electron chi connectivity index (χ0n) is 16.6. The van der Waals surface area contributed by atoms with Gasteiger partial charge in [-0.05, 0) is 74.8 Å². The lowest BCUT2D eigenvalue weighted by atomic mass is 9.96. The van der Waals surface area contributed by atoms with Gasteiger partial charge in [0, 0.05) is 11.1 Å². The van der Waals surface area contributed by atoms with Crippen molar-refractivity contribution in [3.63, 3.8) is 0 Å². The number of aromatic nitrogens is 1. The number of likely N-dealkylation sites (tertiary alicyclic amines) is 1. The number of ether oxygens (including phenoxy) is 1. The smallest absolute Gasteiger partial charge is 0.238 e. The molecule has 5 rings (SSSR count). The van der Waals surface area contributed by atoms with E-state index in [4.69, 9.17) is 9.72 Å². The fourth-order valence-electron chi connectivity index (χ4n) is 4.32. The number of hydrogen-bond acceptors (Lipinski definition) is 4. The first kappa shape index (κ1) is 18.1. The number of hydrogen-bond donors (Lipinski definition) is 1. The number of amides is 1. The van der Waals surface area contributed by atoms with E-state index in [9.17, 15) is 4.79 Å². The number of fused-ring (bicyclic) bond motifs is 2. The second-order valence-electron chi connectivity index (χ2n) is 8.16. The van der Waals surface area contributed by atoms with Gasteiger partial charge in [-0.25, -0.2) is 0 Å². The Bertz CT molecular complexity index is 1060. The maximum atomic E-state index is 12.5. The molecule has 1 aromatic heterocycles. The molecule has 1 fully saturated rings. The molecule has 1 unspecified atom stereocenters. The number of pyridine rings is 1. The van der Waals surface area contributed by atoms with Crippen LogP contribution in [0.5, 0.6) is 5.75 Å². The summed E-state index contributed by atoms with van der Waals surface area (Å²) >= 11 is 0. The Morgan fingerprint density at radius 3 is 2.79 bits per heavy atom. The van der Waals surface area contributed by atoms with Crippen molar-refractivity contribution >= 4 is 22.5 Å². The average molecular weight is 387 g/mol. The average Bonchev–Trinajstić information content (AvgIpc) is 3.08. The summed E-state index contributed by atoms with van der Waals surface area (Å²) in [4.78, 5) is 19.7. The van der Waals surface area contributed by atoms with Crippen LogP contribution in [-0.2, 0) is 4.79 Å². The topological polar surface area (TPSA) is 54.5 Å². The van der Waals surface area contributed by atoms with Crippen molar-refractivity contribution in [1.82, 2.24) is 9.88 Å². The molecule has 0 radical (unpaired) electrons. The Morgan fingerprint density at radius 1 is 1.10 bits per heavy atom. The van der Waals surface area contributed by atoms with Crippen molar-refractivity contribution in [2.24, 2.45) is 5.92 Å². The van der Waals surface area contributed by atoms with Gasteiger partial charge >= 0.3 is 0 Å². The monoisotopic (exact) mass is 387 g/mol. The molecular formula is C24H25N3O2. The second-order valence-corrected chi connectivity index (χ2v) is 8.16. The Balaban J connectivity index is 1.34. The lowest BCUT2D eigenvalue weighted by molar-refractivity contribution is -0.116. The number of anilines is 1. The van der Waals surface area contributed by atoms with Gasteiger partial charge in [-0.15, -0.1) is 0 Å². The Labute approximate surface area is 170 Å². The van der Waals surface area contributed by atoms with Gasteiger partial charge in [0.2, 0.25) is 5.91 Å². The van der Waals surface area contributed by atoms with E-state index in [1.54, 1.807) is 0 Å². The van der Waals surface area contributed by atoms with E-state index in [0.29, 0.717) is 5.92 Å². The summed E-state index contributed by atoms with van der Waals surface area (Å²) < 4.78 is 6.07. The number of para-hydroxylation sites is 1. The van der Waals surface area contributed by atoms with Crippen LogP contribution in [0.3, 0.4) is 0 Å². The van der Waals surface area contributed by atoms with E-state index in [1.165, 1.54) is 12.8 Å². The molecule has 2 aliphatic heterocycles. The molecule has 3 aromatic rings. The van der Waals surface area contributed by atoms with Gasteiger partial charge in [0.25, 0.3) is 0 Å². The molecule has 148 valence electrons. The number of rotatable bonds is 4. The summed E-state index contributed by atoms with van der Waals surface area (Å²) in [5.74, 6) is 1.14. The molecule has 1 atom stereocenters. The summed E-state index contributed by atoms with van der Waals surface area (Å²) in [5, 5.41) is 3.98. The van der Waals surface area contributed by atoms with E-state index >= 15 is 0 Å². The third kappa shape index (κ3) is 3.58. The van der Waals surface area contributed by atoms with Gasteiger partial charge in [-0.1, -0.05) is 24.3 Å². The van der Waals surface area contributed by atoms with Gasteiger partial charge in [-0.2, -0.15) is 0 Å². The van der Waals surface area contributed by atoms with Gasteiger partial charge in [0.15, 0.2) is 0 Å². The fraction of sp³-hybridized carbons (Fsp3) is 0.333. The van der Waals surface area contributed by atoms with Crippen molar-refractivity contribution in [2.75, 3.05) is 32.1 Å². The van der Waals surface area contributed by atoms with E-state index in [0.717, 1.165) is 53.3 Å². The van der Waals surface area contributed by atoms with Crippen LogP contribution in [0, 0.1) is 5.92 Å². The molecule has 0 aliphatic carbocycles. The summed E-state index contributed by atoms with van der Waals surface area (Å²) in [6, 6.07) is 17.8. The van der Waals surface area contributed by atoms with Crippen LogP contribution in [0.15, 0.2) is 54.6 Å². The van der Waals surface area contributed by atoms with Crippen LogP contribution < -0.4 is 10.1 Å². The molecule has 0 saturated carbocycles. The summed E-state index contributed by atoms with van der Waals surface area (Å²) in [6.07, 6.45) is 2.39. The number of carbonyl (C=O) groups is 1. The zero-order chi connectivity index (χ0) is 19.8. The predicted octanol–water partition coefficient (Wildman–Crippen LogP) is 4.04. The summed E-state index contributed by atoms with van der Waals surface area (Å²) in [7, 11) is 2.18. The van der Waals surface area contributed by atoms with Crippen LogP contribution >= 0.6 is 0 Å². The van der Waals surface area contributed by atoms with Crippen LogP contribution in [0.4, 0.5) is 5.69 Å². The maximum Gasteiger partial charge on any atom is 0.238 e. The first-order valence-corrected chi connectivity index (χ1v) is 10.3. The van der Waals surface area contributed by atoms with Crippen molar-refractivity contribution < 1.29 is 9.53 Å². The van der Waals surface area contributed by atoms with E-state index in [-0.39, 0.29) is 11.8 Å². The van der Waals surface area contributed by atoms with Crippen molar-refractivity contribution in [2.45, 2.75) is 18.8 Å². The molecule has 1 saturated heterocycles. The third-order valence-electron chi connectivity index (χ3n) is 6.09. The molecule has 29 heavy (non-hydrogen) atoms. The fourth-order valence-corrected chi connectivity index (χ4v) is 4.32. The van der Waals surface area contributed by atoms with Crippen LogP contribution in [0.2, 0.25) is 0 Å². The standard InChI is InChI=1S/C24H25N3O2/c1-27-12-10-16(11-13-27)15-29-18-7-9-20-17(14-18)6-8-22(25-20)23-19-4-2-3-5-21(19)26-24(23)28/h2-9,14,16,23H,10-13,15H2,1H3,(H,26,28). The Hall–Kier alpha value is -2.92. The number of carbonyl (C=O) groups excluding carboxylic acids is 1. The first-order chi connectivity index (χ1) is 14.2. The Kier molecular flexibility index (Phi) is 4.68. The number of piperidine rings is 1. The molecule has 0 bridgehead atoms. The van der Waals surface area contributed by atoms with Crippen LogP contribution in [-0.4, -0.2) is 42.5 Å². The van der Waals surface area contributed by atoms with Gasteiger partial charge in [0.05, 0.1) is 17.8 Å². The van der Waals surface area contributed by atoms with Gasteiger partial charge < -0.3 is 15.0 Å². The number of benzene rings is 2. The summed E-state index contributed by atoms with van der Waals surface area (Å²) in [6.45, 7) is 3.07. The molecule has 1 amide bonds. The molecule has 2 aromatic carbocycles. The first-order valence-electron chi connectivity index (χ1n) is 10.3. The van der Waals surface area contributed by atoms with E-state index in [1.807, 2.05) is 54.6 Å².